The third kappa shape index (κ3) is 6.09. The van der Waals surface area contributed by atoms with Crippen LogP contribution in [0.15, 0.2) is 47.5 Å². The number of fused-ring (bicyclic) bond motifs is 1. The van der Waals surface area contributed by atoms with Crippen molar-refractivity contribution in [3.05, 3.63) is 65.0 Å². The molecule has 1 atom stereocenters. The van der Waals surface area contributed by atoms with Crippen molar-refractivity contribution in [3.63, 3.8) is 0 Å². The van der Waals surface area contributed by atoms with Gasteiger partial charge in [0.1, 0.15) is 11.7 Å². The lowest BCUT2D eigenvalue weighted by Gasteiger charge is -2.36. The highest BCUT2D eigenvalue weighted by atomic mass is 19.1. The molecule has 2 heterocycles. The van der Waals surface area contributed by atoms with Crippen LogP contribution < -0.4 is 16.0 Å². The molecule has 2 aromatic carbocycles. The number of rotatable bonds is 7. The average molecular weight is 548 g/mol. The van der Waals surface area contributed by atoms with Gasteiger partial charge in [0.2, 0.25) is 11.8 Å². The fraction of sp³-hybridized carbons (Fsp3) is 0.484. The van der Waals surface area contributed by atoms with E-state index < -0.39 is 11.7 Å². The van der Waals surface area contributed by atoms with Gasteiger partial charge in [-0.3, -0.25) is 19.3 Å². The first-order chi connectivity index (χ1) is 19.2. The van der Waals surface area contributed by atoms with Crippen LogP contribution in [0.3, 0.4) is 0 Å². The van der Waals surface area contributed by atoms with Crippen LogP contribution in [0, 0.1) is 11.7 Å². The van der Waals surface area contributed by atoms with Crippen LogP contribution in [-0.2, 0) is 22.6 Å². The van der Waals surface area contributed by atoms with Gasteiger partial charge in [-0.1, -0.05) is 12.1 Å². The number of carbonyl (C=O) groups is 3. The van der Waals surface area contributed by atoms with Gasteiger partial charge in [-0.25, -0.2) is 4.39 Å². The van der Waals surface area contributed by atoms with Crippen molar-refractivity contribution in [3.8, 4) is 0 Å². The molecule has 5 rings (SSSR count). The molecule has 3 N–H and O–H groups in total. The molecule has 1 saturated carbocycles. The maximum absolute atomic E-state index is 13.4. The lowest BCUT2D eigenvalue weighted by Crippen LogP contribution is -2.44. The second-order valence-electron chi connectivity index (χ2n) is 11.5. The number of aliphatic imine (C=N–C) groups is 1. The molecule has 9 heteroatoms. The maximum atomic E-state index is 13.4. The molecule has 0 bridgehead atoms. The van der Waals surface area contributed by atoms with Crippen molar-refractivity contribution in [1.82, 2.24) is 10.2 Å². The van der Waals surface area contributed by atoms with Crippen molar-refractivity contribution in [2.24, 2.45) is 16.6 Å². The molecule has 0 unspecified atom stereocenters. The van der Waals surface area contributed by atoms with E-state index in [1.165, 1.54) is 24.3 Å². The topological polar surface area (TPSA) is 108 Å². The number of anilines is 1. The Morgan fingerprint density at radius 2 is 1.77 bits per heavy atom. The summed E-state index contributed by atoms with van der Waals surface area (Å²) >= 11 is 0. The Morgan fingerprint density at radius 3 is 2.45 bits per heavy atom. The third-order valence-corrected chi connectivity index (χ3v) is 8.30. The second kappa shape index (κ2) is 11.9. The summed E-state index contributed by atoms with van der Waals surface area (Å²) in [5.41, 5.74) is 9.17. The van der Waals surface area contributed by atoms with Crippen molar-refractivity contribution < 1.29 is 18.8 Å². The Labute approximate surface area is 234 Å². The molecule has 2 aliphatic heterocycles. The van der Waals surface area contributed by atoms with Gasteiger partial charge in [0.15, 0.2) is 0 Å². The molecule has 8 nitrogen and oxygen atoms in total. The standard InChI is InChI=1S/C31H38FN5O3/c1-19(2)34-30(39)22-9-13-25(14-10-22)37-27-16-20(18-36-15-3-4-26(36)29(33)38)5-6-23(27)17-28(37)35-31(40)21-7-11-24(32)12-8-21/h5-8,11-12,16,19,22,25-26H,3-4,9-10,13-15,17-18H2,1-2H3,(H2,33,38)(H,34,39)/t22?,25?,26-/m1/s1. The monoisotopic (exact) mass is 547 g/mol. The van der Waals surface area contributed by atoms with Gasteiger partial charge in [0.25, 0.3) is 5.91 Å². The molecule has 2 aromatic rings. The minimum Gasteiger partial charge on any atom is -0.368 e. The van der Waals surface area contributed by atoms with Crippen LogP contribution in [0.2, 0.25) is 0 Å². The van der Waals surface area contributed by atoms with Gasteiger partial charge in [-0.15, -0.1) is 0 Å². The molecule has 0 radical (unpaired) electrons. The van der Waals surface area contributed by atoms with Crippen LogP contribution in [0.4, 0.5) is 10.1 Å². The third-order valence-electron chi connectivity index (χ3n) is 8.30. The second-order valence-corrected chi connectivity index (χ2v) is 11.5. The van der Waals surface area contributed by atoms with Crippen LogP contribution in [-0.4, -0.2) is 53.1 Å². The van der Waals surface area contributed by atoms with E-state index in [9.17, 15) is 18.8 Å². The Balaban J connectivity index is 1.41. The molecular formula is C31H38FN5O3. The van der Waals surface area contributed by atoms with E-state index in [2.05, 4.69) is 38.3 Å². The summed E-state index contributed by atoms with van der Waals surface area (Å²) in [6.45, 7) is 5.39. The van der Waals surface area contributed by atoms with E-state index in [1.54, 1.807) is 0 Å². The Kier molecular flexibility index (Phi) is 8.30. The highest BCUT2D eigenvalue weighted by Crippen LogP contribution is 2.38. The molecular weight excluding hydrogens is 509 g/mol. The molecule has 0 spiro atoms. The summed E-state index contributed by atoms with van der Waals surface area (Å²) in [6.07, 6.45) is 5.38. The Hall–Kier alpha value is -3.59. The molecule has 3 aliphatic rings. The van der Waals surface area contributed by atoms with Crippen LogP contribution >= 0.6 is 0 Å². The fourth-order valence-electron chi connectivity index (χ4n) is 6.32. The van der Waals surface area contributed by atoms with E-state index in [4.69, 9.17) is 5.73 Å². The predicted octanol–water partition coefficient (Wildman–Crippen LogP) is 3.96. The zero-order chi connectivity index (χ0) is 28.4. The van der Waals surface area contributed by atoms with Gasteiger partial charge in [0, 0.05) is 42.2 Å². The van der Waals surface area contributed by atoms with Gasteiger partial charge in [0.05, 0.1) is 6.04 Å². The quantitative estimate of drug-likeness (QED) is 0.546. The SMILES string of the molecule is CC(C)NC(=O)C1CCC(N2C(=NC(=O)c3ccc(F)cc3)Cc3ccc(CN4CCC[C@@H]4C(N)=O)cc32)CC1. The molecule has 1 aliphatic carbocycles. The van der Waals surface area contributed by atoms with E-state index in [1.807, 2.05) is 13.8 Å². The highest BCUT2D eigenvalue weighted by molar-refractivity contribution is 6.12. The molecule has 212 valence electrons. The lowest BCUT2D eigenvalue weighted by atomic mass is 9.84. The number of halogens is 1. The number of nitrogens with zero attached hydrogens (tertiary/aromatic N) is 3. The van der Waals surface area contributed by atoms with E-state index >= 15 is 0 Å². The largest absolute Gasteiger partial charge is 0.368 e. The lowest BCUT2D eigenvalue weighted by molar-refractivity contribution is -0.126. The highest BCUT2D eigenvalue weighted by Gasteiger charge is 2.37. The normalized spacial score (nSPS) is 23.9. The number of nitrogens with one attached hydrogen (secondary N) is 1. The smallest absolute Gasteiger partial charge is 0.278 e. The first kappa shape index (κ1) is 28.0. The molecule has 2 fully saturated rings. The van der Waals surface area contributed by atoms with Gasteiger partial charge >= 0.3 is 0 Å². The minimum atomic E-state index is -0.403. The van der Waals surface area contributed by atoms with Crippen LogP contribution in [0.5, 0.6) is 0 Å². The number of hydrogen-bond acceptors (Lipinski definition) is 4. The molecule has 3 amide bonds. The average Bonchev–Trinajstić information content (AvgIpc) is 3.53. The first-order valence-corrected chi connectivity index (χ1v) is 14.3. The summed E-state index contributed by atoms with van der Waals surface area (Å²) in [6, 6.07) is 11.7. The molecule has 1 saturated heterocycles. The summed E-state index contributed by atoms with van der Waals surface area (Å²) in [5, 5.41) is 3.04. The summed E-state index contributed by atoms with van der Waals surface area (Å²) in [4.78, 5) is 46.5. The number of benzene rings is 2. The van der Waals surface area contributed by atoms with E-state index in [0.29, 0.717) is 24.4 Å². The summed E-state index contributed by atoms with van der Waals surface area (Å²) in [5.74, 6) is -0.331. The molecule has 40 heavy (non-hydrogen) atoms. The van der Waals surface area contributed by atoms with E-state index in [0.717, 1.165) is 61.9 Å². The van der Waals surface area contributed by atoms with Gasteiger partial charge < -0.3 is 16.0 Å². The zero-order valence-corrected chi connectivity index (χ0v) is 23.2. The molecule has 0 aromatic heterocycles. The van der Waals surface area contributed by atoms with Crippen molar-refractivity contribution >= 4 is 29.2 Å². The summed E-state index contributed by atoms with van der Waals surface area (Å²) in [7, 11) is 0. The number of hydrogen-bond donors (Lipinski definition) is 2. The van der Waals surface area contributed by atoms with Crippen LogP contribution in [0.1, 0.15) is 73.9 Å². The van der Waals surface area contributed by atoms with Gasteiger partial charge in [-0.05, 0) is 100 Å². The number of nitrogens with two attached hydrogens (primary N) is 1. The number of carbonyl (C=O) groups excluding carboxylic acids is 3. The van der Waals surface area contributed by atoms with Crippen LogP contribution in [0.25, 0.3) is 0 Å². The minimum absolute atomic E-state index is 0.0193. The van der Waals surface area contributed by atoms with Crippen molar-refractivity contribution in [2.45, 2.75) is 83.5 Å². The van der Waals surface area contributed by atoms with Gasteiger partial charge in [-0.2, -0.15) is 4.99 Å². The Bertz CT molecular complexity index is 1300. The first-order valence-electron chi connectivity index (χ1n) is 14.3. The van der Waals surface area contributed by atoms with E-state index in [-0.39, 0.29) is 35.9 Å². The number of amides is 3. The summed E-state index contributed by atoms with van der Waals surface area (Å²) < 4.78 is 13.4. The van der Waals surface area contributed by atoms with Crippen molar-refractivity contribution in [2.75, 3.05) is 11.4 Å². The maximum Gasteiger partial charge on any atom is 0.278 e. The number of amidine groups is 1. The zero-order valence-electron chi connectivity index (χ0n) is 23.2. The number of likely N-dealkylation sites (tertiary alicyclic amines) is 1. The Morgan fingerprint density at radius 1 is 1.05 bits per heavy atom. The predicted molar refractivity (Wildman–Crippen MR) is 152 cm³/mol. The fourth-order valence-corrected chi connectivity index (χ4v) is 6.32. The number of primary amides is 1. The van der Waals surface area contributed by atoms with Crippen molar-refractivity contribution in [1.29, 1.82) is 0 Å².